The highest BCUT2D eigenvalue weighted by atomic mass is 32.1. The molecule has 5 nitrogen and oxygen atoms in total. The quantitative estimate of drug-likeness (QED) is 0.943. The number of thiazole rings is 1. The van der Waals surface area contributed by atoms with Crippen LogP contribution in [0.3, 0.4) is 0 Å². The van der Waals surface area contributed by atoms with Gasteiger partial charge in [-0.05, 0) is 25.2 Å². The van der Waals surface area contributed by atoms with Gasteiger partial charge < -0.3 is 0 Å². The first kappa shape index (κ1) is 13.2. The van der Waals surface area contributed by atoms with E-state index in [9.17, 15) is 4.79 Å². The highest BCUT2D eigenvalue weighted by Gasteiger charge is 2.22. The highest BCUT2D eigenvalue weighted by Crippen LogP contribution is 2.33. The van der Waals surface area contributed by atoms with Crippen LogP contribution in [0.4, 0.5) is 5.13 Å². The van der Waals surface area contributed by atoms with Crippen LogP contribution in [0.15, 0.2) is 18.6 Å². The molecule has 1 unspecified atom stereocenters. The van der Waals surface area contributed by atoms with E-state index in [1.165, 1.54) is 30.1 Å². The average Bonchev–Trinajstić information content (AvgIpc) is 2.89. The number of hydrogen-bond acceptors (Lipinski definition) is 5. The summed E-state index contributed by atoms with van der Waals surface area (Å²) in [7, 11) is 0. The number of hydrogen-bond donors (Lipinski definition) is 1. The lowest BCUT2D eigenvalue weighted by Crippen LogP contribution is -2.13. The van der Waals surface area contributed by atoms with Crippen LogP contribution in [0.2, 0.25) is 0 Å². The van der Waals surface area contributed by atoms with Gasteiger partial charge in [-0.25, -0.2) is 9.97 Å². The average molecular weight is 288 g/mol. The number of aryl methyl sites for hydroxylation is 1. The molecule has 0 bridgehead atoms. The van der Waals surface area contributed by atoms with Crippen LogP contribution in [0.1, 0.15) is 40.8 Å². The third kappa shape index (κ3) is 2.70. The molecule has 0 saturated heterocycles. The van der Waals surface area contributed by atoms with Crippen LogP contribution in [0.5, 0.6) is 0 Å². The number of nitrogens with zero attached hydrogens (tertiary/aromatic N) is 3. The minimum Gasteiger partial charge on any atom is -0.296 e. The maximum absolute atomic E-state index is 12.0. The molecule has 1 aliphatic carbocycles. The Hall–Kier alpha value is -1.82. The molecule has 1 N–H and O–H groups in total. The Morgan fingerprint density at radius 3 is 3.15 bits per heavy atom. The summed E-state index contributed by atoms with van der Waals surface area (Å²) < 4.78 is 0. The van der Waals surface area contributed by atoms with Crippen LogP contribution >= 0.6 is 11.3 Å². The van der Waals surface area contributed by atoms with Crippen molar-refractivity contribution in [3.8, 4) is 0 Å². The minimum atomic E-state index is -0.253. The fraction of sp³-hybridized carbons (Fsp3) is 0.429. The second kappa shape index (κ2) is 5.66. The summed E-state index contributed by atoms with van der Waals surface area (Å²) in [6, 6.07) is 0. The number of aromatic nitrogens is 3. The van der Waals surface area contributed by atoms with E-state index in [1.807, 2.05) is 0 Å². The molecular weight excluding hydrogens is 272 g/mol. The Morgan fingerprint density at radius 2 is 2.40 bits per heavy atom. The number of fused-ring (bicyclic) bond motifs is 1. The Balaban J connectivity index is 1.73. The summed E-state index contributed by atoms with van der Waals surface area (Å²) in [5, 5.41) is 3.48. The van der Waals surface area contributed by atoms with Crippen molar-refractivity contribution in [2.45, 2.75) is 32.6 Å². The summed E-state index contributed by atoms with van der Waals surface area (Å²) in [6.07, 6.45) is 9.02. The molecule has 0 fully saturated rings. The number of amides is 1. The van der Waals surface area contributed by atoms with Gasteiger partial charge in [0.05, 0.1) is 11.9 Å². The first-order chi connectivity index (χ1) is 9.76. The van der Waals surface area contributed by atoms with Gasteiger partial charge >= 0.3 is 0 Å². The second-order valence-corrected chi connectivity index (χ2v) is 6.03. The number of carbonyl (C=O) groups is 1. The molecule has 0 aliphatic heterocycles. The van der Waals surface area contributed by atoms with Crippen molar-refractivity contribution >= 4 is 22.4 Å². The van der Waals surface area contributed by atoms with E-state index in [4.69, 9.17) is 0 Å². The molecule has 3 rings (SSSR count). The largest absolute Gasteiger partial charge is 0.296 e. The molecule has 1 amide bonds. The summed E-state index contributed by atoms with van der Waals surface area (Å²) in [5.41, 5.74) is 1.46. The monoisotopic (exact) mass is 288 g/mol. The fourth-order valence-electron chi connectivity index (χ4n) is 2.42. The maximum atomic E-state index is 12.0. The van der Waals surface area contributed by atoms with Crippen molar-refractivity contribution in [2.75, 3.05) is 5.32 Å². The van der Waals surface area contributed by atoms with Gasteiger partial charge in [0.2, 0.25) is 0 Å². The molecule has 20 heavy (non-hydrogen) atoms. The van der Waals surface area contributed by atoms with Gasteiger partial charge in [0, 0.05) is 17.3 Å². The van der Waals surface area contributed by atoms with Crippen molar-refractivity contribution in [2.24, 2.45) is 5.92 Å². The standard InChI is InChI=1S/C14H16N4OS/c1-2-9-3-4-10-12(7-9)20-14(17-10)18-13(19)11-8-15-5-6-16-11/h5-6,8-9H,2-4,7H2,1H3,(H,17,18,19). The van der Waals surface area contributed by atoms with Gasteiger partial charge in [0.1, 0.15) is 5.69 Å². The predicted octanol–water partition coefficient (Wildman–Crippen LogP) is 2.70. The number of nitrogens with one attached hydrogen (secondary N) is 1. The Bertz CT molecular complexity index is 611. The summed E-state index contributed by atoms with van der Waals surface area (Å²) in [6.45, 7) is 2.23. The molecule has 1 aliphatic rings. The van der Waals surface area contributed by atoms with Crippen molar-refractivity contribution in [1.29, 1.82) is 0 Å². The molecule has 0 aromatic carbocycles. The third-order valence-corrected chi connectivity index (χ3v) is 4.67. The minimum absolute atomic E-state index is 0.253. The van der Waals surface area contributed by atoms with Crippen LogP contribution in [-0.4, -0.2) is 20.9 Å². The summed E-state index contributed by atoms with van der Waals surface area (Å²) >= 11 is 1.59. The fourth-order valence-corrected chi connectivity index (χ4v) is 3.54. The first-order valence-corrected chi connectivity index (χ1v) is 7.64. The molecular formula is C14H16N4OS. The molecule has 104 valence electrons. The molecule has 1 atom stereocenters. The van der Waals surface area contributed by atoms with Crippen molar-refractivity contribution in [3.05, 3.63) is 34.9 Å². The zero-order valence-corrected chi connectivity index (χ0v) is 12.1. The van der Waals surface area contributed by atoms with Gasteiger partial charge in [0.15, 0.2) is 5.13 Å². The summed E-state index contributed by atoms with van der Waals surface area (Å²) in [4.78, 5) is 25.7. The van der Waals surface area contributed by atoms with Gasteiger partial charge in [-0.3, -0.25) is 15.1 Å². The van der Waals surface area contributed by atoms with Crippen molar-refractivity contribution in [3.63, 3.8) is 0 Å². The molecule has 6 heteroatoms. The zero-order valence-electron chi connectivity index (χ0n) is 11.3. The van der Waals surface area contributed by atoms with E-state index >= 15 is 0 Å². The zero-order chi connectivity index (χ0) is 13.9. The van der Waals surface area contributed by atoms with Crippen LogP contribution in [0, 0.1) is 5.92 Å². The topological polar surface area (TPSA) is 67.8 Å². The molecule has 0 radical (unpaired) electrons. The van der Waals surface area contributed by atoms with Gasteiger partial charge in [0.25, 0.3) is 5.91 Å². The van der Waals surface area contributed by atoms with E-state index < -0.39 is 0 Å². The van der Waals surface area contributed by atoms with Gasteiger partial charge in [-0.1, -0.05) is 13.3 Å². The van der Waals surface area contributed by atoms with E-state index in [0.29, 0.717) is 10.8 Å². The van der Waals surface area contributed by atoms with E-state index in [-0.39, 0.29) is 5.91 Å². The maximum Gasteiger partial charge on any atom is 0.277 e. The van der Waals surface area contributed by atoms with Crippen LogP contribution in [-0.2, 0) is 12.8 Å². The van der Waals surface area contributed by atoms with E-state index in [2.05, 4.69) is 27.2 Å². The lowest BCUT2D eigenvalue weighted by molar-refractivity contribution is 0.102. The smallest absolute Gasteiger partial charge is 0.277 e. The van der Waals surface area contributed by atoms with Crippen LogP contribution < -0.4 is 5.32 Å². The lowest BCUT2D eigenvalue weighted by atomic mass is 9.89. The lowest BCUT2D eigenvalue weighted by Gasteiger charge is -2.18. The number of rotatable bonds is 3. The Labute approximate surface area is 121 Å². The predicted molar refractivity (Wildman–Crippen MR) is 77.9 cm³/mol. The molecule has 2 heterocycles. The van der Waals surface area contributed by atoms with Gasteiger partial charge in [-0.2, -0.15) is 0 Å². The van der Waals surface area contributed by atoms with Crippen molar-refractivity contribution in [1.82, 2.24) is 15.0 Å². The van der Waals surface area contributed by atoms with E-state index in [0.717, 1.165) is 24.5 Å². The summed E-state index contributed by atoms with van der Waals surface area (Å²) in [5.74, 6) is 0.503. The van der Waals surface area contributed by atoms with E-state index in [1.54, 1.807) is 17.5 Å². The first-order valence-electron chi connectivity index (χ1n) is 6.82. The Kier molecular flexibility index (Phi) is 3.73. The molecule has 0 saturated carbocycles. The highest BCUT2D eigenvalue weighted by molar-refractivity contribution is 7.15. The second-order valence-electron chi connectivity index (χ2n) is 4.95. The van der Waals surface area contributed by atoms with Crippen molar-refractivity contribution < 1.29 is 4.79 Å². The van der Waals surface area contributed by atoms with Gasteiger partial charge in [-0.15, -0.1) is 11.3 Å². The number of anilines is 1. The third-order valence-electron chi connectivity index (χ3n) is 3.64. The SMILES string of the molecule is CCC1CCc2nc(NC(=O)c3cnccn3)sc2C1. The van der Waals surface area contributed by atoms with Crippen LogP contribution in [0.25, 0.3) is 0 Å². The number of carbonyl (C=O) groups excluding carboxylic acids is 1. The molecule has 0 spiro atoms. The molecule has 2 aromatic rings. The Morgan fingerprint density at radius 1 is 1.50 bits per heavy atom. The normalized spacial score (nSPS) is 17.6. The molecule has 2 aromatic heterocycles.